The molecule has 54 heavy (non-hydrogen) atoms. The summed E-state index contributed by atoms with van der Waals surface area (Å²) in [5.74, 6) is 0.516. The number of hydrogen-bond donors (Lipinski definition) is 0. The van der Waals surface area contributed by atoms with Crippen molar-refractivity contribution in [3.63, 3.8) is 0 Å². The van der Waals surface area contributed by atoms with Gasteiger partial charge in [0.2, 0.25) is 0 Å². The molecule has 0 aliphatic heterocycles. The van der Waals surface area contributed by atoms with E-state index in [0.29, 0.717) is 5.92 Å². The first-order valence-electron chi connectivity index (χ1n) is 19.0. The first-order chi connectivity index (χ1) is 26.7. The van der Waals surface area contributed by atoms with Crippen LogP contribution in [0.15, 0.2) is 200 Å². The molecule has 0 amide bonds. The van der Waals surface area contributed by atoms with Crippen LogP contribution in [0.3, 0.4) is 0 Å². The van der Waals surface area contributed by atoms with Gasteiger partial charge in [0, 0.05) is 38.9 Å². The Kier molecular flexibility index (Phi) is 8.86. The maximum absolute atomic E-state index is 2.44. The van der Waals surface area contributed by atoms with Crippen LogP contribution in [-0.4, -0.2) is 0 Å². The molecule has 0 fully saturated rings. The topological polar surface area (TPSA) is 6.48 Å². The molecule has 0 aromatic heterocycles. The minimum absolute atomic E-state index is 0.516. The van der Waals surface area contributed by atoms with Crippen LogP contribution in [-0.2, 0) is 0 Å². The molecule has 9 aromatic rings. The maximum atomic E-state index is 2.44. The molecule has 9 rings (SSSR count). The molecule has 0 aliphatic carbocycles. The second kappa shape index (κ2) is 14.4. The van der Waals surface area contributed by atoms with Crippen molar-refractivity contribution in [3.05, 3.63) is 206 Å². The van der Waals surface area contributed by atoms with Crippen molar-refractivity contribution in [2.24, 2.45) is 0 Å². The third-order valence-electron chi connectivity index (χ3n) is 10.9. The fourth-order valence-electron chi connectivity index (χ4n) is 8.02. The zero-order valence-corrected chi connectivity index (χ0v) is 30.7. The highest BCUT2D eigenvalue weighted by Crippen LogP contribution is 2.48. The van der Waals surface area contributed by atoms with E-state index in [2.05, 4.69) is 224 Å². The summed E-state index contributed by atoms with van der Waals surface area (Å²) in [5.41, 5.74) is 10.6. The summed E-state index contributed by atoms with van der Waals surface area (Å²) in [4.78, 5) is 4.84. The highest BCUT2D eigenvalue weighted by molar-refractivity contribution is 6.22. The van der Waals surface area contributed by atoms with Crippen LogP contribution >= 0.6 is 0 Å². The molecule has 0 saturated heterocycles. The summed E-state index contributed by atoms with van der Waals surface area (Å²) < 4.78 is 0. The standard InChI is InChI=1S/C52H42N2/c1-3-37(2)38-29-31-42(32-30-38)53(50-28-16-20-39-17-10-11-23-45(39)50)43-33-35-44(36-34-43)54(41-21-8-5-9-22-41)52-48-26-14-12-24-46(48)51(40-18-6-4-7-19-40)47-25-13-15-27-49(47)52/h4-37H,3H2,1-2H3. The zero-order valence-electron chi connectivity index (χ0n) is 30.7. The molecule has 1 atom stereocenters. The lowest BCUT2D eigenvalue weighted by Gasteiger charge is -2.31. The molecule has 0 radical (unpaired) electrons. The predicted octanol–water partition coefficient (Wildman–Crippen LogP) is 15.3. The maximum Gasteiger partial charge on any atom is 0.0618 e. The Hall–Kier alpha value is -6.64. The zero-order chi connectivity index (χ0) is 36.4. The normalized spacial score (nSPS) is 11.9. The van der Waals surface area contributed by atoms with Crippen molar-refractivity contribution < 1.29 is 0 Å². The van der Waals surface area contributed by atoms with E-state index < -0.39 is 0 Å². The summed E-state index contributed by atoms with van der Waals surface area (Å²) in [6.07, 6.45) is 1.12. The number of nitrogens with zero attached hydrogens (tertiary/aromatic N) is 2. The van der Waals surface area contributed by atoms with Gasteiger partial charge in [-0.15, -0.1) is 0 Å². The van der Waals surface area contributed by atoms with Crippen LogP contribution in [0.4, 0.5) is 34.1 Å². The summed E-state index contributed by atoms with van der Waals surface area (Å²) in [6.45, 7) is 4.56. The number of anilines is 6. The number of fused-ring (bicyclic) bond motifs is 3. The second-order valence-corrected chi connectivity index (χ2v) is 14.1. The highest BCUT2D eigenvalue weighted by Gasteiger charge is 2.23. The van der Waals surface area contributed by atoms with Gasteiger partial charge >= 0.3 is 0 Å². The SMILES string of the molecule is CCC(C)c1ccc(N(c2ccc(N(c3ccccc3)c3c4ccccc4c(-c4ccccc4)c4ccccc34)cc2)c2cccc3ccccc23)cc1. The predicted molar refractivity (Wildman–Crippen MR) is 232 cm³/mol. The summed E-state index contributed by atoms with van der Waals surface area (Å²) in [7, 11) is 0. The quantitative estimate of drug-likeness (QED) is 0.139. The molecule has 0 heterocycles. The number of para-hydroxylation sites is 1. The van der Waals surface area contributed by atoms with Gasteiger partial charge in [-0.25, -0.2) is 0 Å². The summed E-state index contributed by atoms with van der Waals surface area (Å²) in [5, 5.41) is 7.33. The number of rotatable bonds is 9. The van der Waals surface area contributed by atoms with Crippen LogP contribution in [0, 0.1) is 0 Å². The van der Waals surface area contributed by atoms with Crippen molar-refractivity contribution in [3.8, 4) is 11.1 Å². The Bertz CT molecular complexity index is 2640. The number of hydrogen-bond acceptors (Lipinski definition) is 2. The third-order valence-corrected chi connectivity index (χ3v) is 10.9. The van der Waals surface area contributed by atoms with Crippen LogP contribution < -0.4 is 9.80 Å². The third kappa shape index (κ3) is 5.96. The van der Waals surface area contributed by atoms with Crippen molar-refractivity contribution in [2.45, 2.75) is 26.2 Å². The molecule has 2 heteroatoms. The summed E-state index contributed by atoms with van der Waals surface area (Å²) >= 11 is 0. The fraction of sp³-hybridized carbons (Fsp3) is 0.0769. The van der Waals surface area contributed by atoms with Gasteiger partial charge < -0.3 is 9.80 Å². The molecule has 260 valence electrons. The average molecular weight is 695 g/mol. The van der Waals surface area contributed by atoms with E-state index in [-0.39, 0.29) is 0 Å². The Balaban J connectivity index is 1.25. The van der Waals surface area contributed by atoms with E-state index in [4.69, 9.17) is 0 Å². The highest BCUT2D eigenvalue weighted by atomic mass is 15.2. The van der Waals surface area contributed by atoms with Gasteiger partial charge in [0.15, 0.2) is 0 Å². The van der Waals surface area contributed by atoms with Crippen LogP contribution in [0.5, 0.6) is 0 Å². The van der Waals surface area contributed by atoms with Gasteiger partial charge in [-0.1, -0.05) is 159 Å². The van der Waals surface area contributed by atoms with E-state index in [9.17, 15) is 0 Å². The number of benzene rings is 9. The fourth-order valence-corrected chi connectivity index (χ4v) is 8.02. The van der Waals surface area contributed by atoms with Gasteiger partial charge in [0.1, 0.15) is 0 Å². The molecule has 0 saturated carbocycles. The van der Waals surface area contributed by atoms with E-state index in [1.165, 1.54) is 54.7 Å². The largest absolute Gasteiger partial charge is 0.310 e. The minimum atomic E-state index is 0.516. The van der Waals surface area contributed by atoms with Gasteiger partial charge in [0.05, 0.1) is 11.4 Å². The van der Waals surface area contributed by atoms with Crippen LogP contribution in [0.2, 0.25) is 0 Å². The molecule has 0 aliphatic rings. The molecule has 9 aromatic carbocycles. The lowest BCUT2D eigenvalue weighted by atomic mass is 9.90. The smallest absolute Gasteiger partial charge is 0.0618 e. The molecular formula is C52H42N2. The van der Waals surface area contributed by atoms with Crippen LogP contribution in [0.25, 0.3) is 43.4 Å². The molecular weight excluding hydrogens is 653 g/mol. The van der Waals surface area contributed by atoms with Crippen molar-refractivity contribution in [2.75, 3.05) is 9.80 Å². The molecule has 1 unspecified atom stereocenters. The van der Waals surface area contributed by atoms with Gasteiger partial charge in [0.25, 0.3) is 0 Å². The monoisotopic (exact) mass is 694 g/mol. The average Bonchev–Trinajstić information content (AvgIpc) is 3.25. The van der Waals surface area contributed by atoms with Gasteiger partial charge in [-0.3, -0.25) is 0 Å². The van der Waals surface area contributed by atoms with Crippen LogP contribution in [0.1, 0.15) is 31.7 Å². The Morgan fingerprint density at radius 1 is 0.389 bits per heavy atom. The Morgan fingerprint density at radius 2 is 0.833 bits per heavy atom. The van der Waals surface area contributed by atoms with Crippen molar-refractivity contribution >= 4 is 66.4 Å². The van der Waals surface area contributed by atoms with E-state index in [1.54, 1.807) is 0 Å². The van der Waals surface area contributed by atoms with E-state index in [1.807, 2.05) is 0 Å². The minimum Gasteiger partial charge on any atom is -0.310 e. The molecule has 0 N–H and O–H groups in total. The second-order valence-electron chi connectivity index (χ2n) is 14.1. The molecule has 0 spiro atoms. The Labute approximate surface area is 318 Å². The lowest BCUT2D eigenvalue weighted by molar-refractivity contribution is 0.733. The molecule has 0 bridgehead atoms. The van der Waals surface area contributed by atoms with Crippen molar-refractivity contribution in [1.82, 2.24) is 0 Å². The van der Waals surface area contributed by atoms with Gasteiger partial charge in [-0.2, -0.15) is 0 Å². The Morgan fingerprint density at radius 3 is 1.43 bits per heavy atom. The molecule has 2 nitrogen and oxygen atoms in total. The van der Waals surface area contributed by atoms with E-state index in [0.717, 1.165) is 34.9 Å². The van der Waals surface area contributed by atoms with Crippen molar-refractivity contribution in [1.29, 1.82) is 0 Å². The summed E-state index contributed by atoms with van der Waals surface area (Å²) in [6, 6.07) is 72.8. The first kappa shape index (κ1) is 33.2. The lowest BCUT2D eigenvalue weighted by Crippen LogP contribution is -2.13. The van der Waals surface area contributed by atoms with E-state index >= 15 is 0 Å². The van der Waals surface area contributed by atoms with Gasteiger partial charge in [-0.05, 0) is 99.8 Å². The first-order valence-corrected chi connectivity index (χ1v) is 19.0.